The lowest BCUT2D eigenvalue weighted by Crippen LogP contribution is -2.31. The second-order valence-electron chi connectivity index (χ2n) is 6.15. The first kappa shape index (κ1) is 12.7. The van der Waals surface area contributed by atoms with Crippen LogP contribution in [-0.4, -0.2) is 22.6 Å². The quantitative estimate of drug-likeness (QED) is 0.936. The van der Waals surface area contributed by atoms with E-state index in [4.69, 9.17) is 16.6 Å². The first-order valence-electron chi connectivity index (χ1n) is 7.69. The van der Waals surface area contributed by atoms with Gasteiger partial charge in [0.25, 0.3) is 0 Å². The predicted molar refractivity (Wildman–Crippen MR) is 82.3 cm³/mol. The van der Waals surface area contributed by atoms with Crippen LogP contribution in [0.4, 0.5) is 0 Å². The van der Waals surface area contributed by atoms with Crippen molar-refractivity contribution in [3.63, 3.8) is 0 Å². The molecule has 2 aliphatic rings. The zero-order valence-corrected chi connectivity index (χ0v) is 12.4. The lowest BCUT2D eigenvalue weighted by Gasteiger charge is -2.22. The Morgan fingerprint density at radius 3 is 2.95 bits per heavy atom. The normalized spacial score (nSPS) is 23.4. The number of halogens is 1. The molecule has 0 bridgehead atoms. The summed E-state index contributed by atoms with van der Waals surface area (Å²) in [7, 11) is 0. The van der Waals surface area contributed by atoms with Gasteiger partial charge in [-0.3, -0.25) is 0 Å². The Morgan fingerprint density at radius 2 is 2.20 bits per heavy atom. The molecule has 3 nitrogen and oxygen atoms in total. The van der Waals surface area contributed by atoms with Crippen LogP contribution in [0.3, 0.4) is 0 Å². The Balaban J connectivity index is 1.74. The molecule has 0 spiro atoms. The summed E-state index contributed by atoms with van der Waals surface area (Å²) in [6, 6.07) is 6.70. The Kier molecular flexibility index (Phi) is 3.20. The van der Waals surface area contributed by atoms with Crippen molar-refractivity contribution in [3.8, 4) is 0 Å². The van der Waals surface area contributed by atoms with Crippen LogP contribution in [0.25, 0.3) is 11.0 Å². The third-order valence-electron chi connectivity index (χ3n) is 4.52. The van der Waals surface area contributed by atoms with E-state index in [1.165, 1.54) is 38.1 Å². The van der Waals surface area contributed by atoms with E-state index in [-0.39, 0.29) is 0 Å². The Hall–Kier alpha value is -1.06. The number of rotatable bonds is 3. The van der Waals surface area contributed by atoms with Gasteiger partial charge in [-0.1, -0.05) is 17.7 Å². The van der Waals surface area contributed by atoms with E-state index >= 15 is 0 Å². The lowest BCUT2D eigenvalue weighted by molar-refractivity contribution is 0.367. The number of piperidine rings is 1. The summed E-state index contributed by atoms with van der Waals surface area (Å²) in [5, 5.41) is 4.34. The van der Waals surface area contributed by atoms with E-state index in [9.17, 15) is 0 Å². The monoisotopic (exact) mass is 289 g/mol. The number of fused-ring (bicyclic) bond motifs is 1. The highest BCUT2D eigenvalue weighted by molar-refractivity contribution is 6.35. The van der Waals surface area contributed by atoms with Crippen molar-refractivity contribution in [2.45, 2.75) is 38.1 Å². The van der Waals surface area contributed by atoms with Crippen LogP contribution >= 0.6 is 11.6 Å². The maximum absolute atomic E-state index is 6.42. The van der Waals surface area contributed by atoms with Gasteiger partial charge in [0.1, 0.15) is 5.82 Å². The largest absolute Gasteiger partial charge is 0.324 e. The highest BCUT2D eigenvalue weighted by Gasteiger charge is 2.30. The number of benzene rings is 1. The van der Waals surface area contributed by atoms with Crippen LogP contribution in [0, 0.1) is 5.92 Å². The lowest BCUT2D eigenvalue weighted by atomic mass is 9.96. The number of nitrogens with one attached hydrogen (secondary N) is 1. The molecule has 106 valence electrons. The Morgan fingerprint density at radius 1 is 1.30 bits per heavy atom. The van der Waals surface area contributed by atoms with Gasteiger partial charge in [0.15, 0.2) is 0 Å². The van der Waals surface area contributed by atoms with Gasteiger partial charge >= 0.3 is 0 Å². The fourth-order valence-corrected chi connectivity index (χ4v) is 3.64. The van der Waals surface area contributed by atoms with Gasteiger partial charge in [0.2, 0.25) is 0 Å². The van der Waals surface area contributed by atoms with Gasteiger partial charge in [-0.2, -0.15) is 0 Å². The zero-order valence-electron chi connectivity index (χ0n) is 11.6. The van der Waals surface area contributed by atoms with Crippen LogP contribution in [0.15, 0.2) is 18.2 Å². The van der Waals surface area contributed by atoms with Gasteiger partial charge in [0, 0.05) is 12.5 Å². The summed E-state index contributed by atoms with van der Waals surface area (Å²) < 4.78 is 2.42. The molecular weight excluding hydrogens is 270 g/mol. The molecule has 1 aromatic carbocycles. The van der Waals surface area contributed by atoms with Crippen LogP contribution in [0.1, 0.15) is 37.5 Å². The first-order chi connectivity index (χ1) is 9.83. The molecule has 4 heteroatoms. The molecule has 1 saturated heterocycles. The fourth-order valence-electron chi connectivity index (χ4n) is 3.38. The number of hydrogen-bond acceptors (Lipinski definition) is 2. The molecule has 1 atom stereocenters. The molecular formula is C16H20ClN3. The summed E-state index contributed by atoms with van der Waals surface area (Å²) in [4.78, 5) is 4.88. The molecule has 4 rings (SSSR count). The van der Waals surface area contributed by atoms with Crippen molar-refractivity contribution in [2.75, 3.05) is 13.1 Å². The summed E-state index contributed by atoms with van der Waals surface area (Å²) in [6.07, 6.45) is 6.22. The molecule has 1 N–H and O–H groups in total. The van der Waals surface area contributed by atoms with Gasteiger partial charge < -0.3 is 9.88 Å². The summed E-state index contributed by atoms with van der Waals surface area (Å²) in [6.45, 7) is 2.29. The minimum Gasteiger partial charge on any atom is -0.324 e. The van der Waals surface area contributed by atoms with E-state index in [0.29, 0.717) is 6.04 Å². The summed E-state index contributed by atoms with van der Waals surface area (Å²) in [5.74, 6) is 1.96. The van der Waals surface area contributed by atoms with E-state index in [1.54, 1.807) is 0 Å². The van der Waals surface area contributed by atoms with Crippen molar-refractivity contribution in [1.82, 2.24) is 14.9 Å². The fraction of sp³-hybridized carbons (Fsp3) is 0.562. The van der Waals surface area contributed by atoms with Crippen molar-refractivity contribution in [3.05, 3.63) is 29.0 Å². The standard InChI is InChI=1S/C16H20ClN3/c17-13-4-1-5-14-16(13)20(12-6-7-12)15(19-14)9-11-3-2-8-18-10-11/h1,4-5,11-12,18H,2-3,6-10H2. The molecule has 1 saturated carbocycles. The molecule has 1 unspecified atom stereocenters. The highest BCUT2D eigenvalue weighted by atomic mass is 35.5. The molecule has 2 aromatic rings. The number of aromatic nitrogens is 2. The van der Waals surface area contributed by atoms with Gasteiger partial charge in [-0.15, -0.1) is 0 Å². The second-order valence-corrected chi connectivity index (χ2v) is 6.56. The second kappa shape index (κ2) is 5.05. The van der Waals surface area contributed by atoms with Crippen molar-refractivity contribution >= 4 is 22.6 Å². The van der Waals surface area contributed by atoms with Crippen molar-refractivity contribution in [1.29, 1.82) is 0 Å². The predicted octanol–water partition coefficient (Wildman–Crippen LogP) is 3.57. The number of hydrogen-bond donors (Lipinski definition) is 1. The molecule has 1 aliphatic carbocycles. The van der Waals surface area contributed by atoms with E-state index in [1.807, 2.05) is 12.1 Å². The minimum atomic E-state index is 0.631. The third kappa shape index (κ3) is 2.23. The van der Waals surface area contributed by atoms with Crippen LogP contribution in [0.2, 0.25) is 5.02 Å². The van der Waals surface area contributed by atoms with Crippen LogP contribution < -0.4 is 5.32 Å². The molecule has 20 heavy (non-hydrogen) atoms. The van der Waals surface area contributed by atoms with E-state index in [0.717, 1.165) is 34.9 Å². The molecule has 0 radical (unpaired) electrons. The van der Waals surface area contributed by atoms with Crippen LogP contribution in [0.5, 0.6) is 0 Å². The molecule has 0 amide bonds. The SMILES string of the molecule is Clc1cccc2nc(CC3CCCNC3)n(C3CC3)c12. The Labute approximate surface area is 124 Å². The van der Waals surface area contributed by atoms with Crippen molar-refractivity contribution in [2.24, 2.45) is 5.92 Å². The summed E-state index contributed by atoms with van der Waals surface area (Å²) in [5.41, 5.74) is 2.21. The number of imidazole rings is 1. The maximum Gasteiger partial charge on any atom is 0.110 e. The van der Waals surface area contributed by atoms with Gasteiger partial charge in [-0.05, 0) is 56.8 Å². The number of nitrogens with zero attached hydrogens (tertiary/aromatic N) is 2. The molecule has 2 heterocycles. The average molecular weight is 290 g/mol. The zero-order chi connectivity index (χ0) is 13.5. The molecule has 1 aromatic heterocycles. The number of para-hydroxylation sites is 1. The van der Waals surface area contributed by atoms with Crippen molar-refractivity contribution < 1.29 is 0 Å². The molecule has 1 aliphatic heterocycles. The average Bonchev–Trinajstić information content (AvgIpc) is 3.22. The van der Waals surface area contributed by atoms with E-state index in [2.05, 4.69) is 16.0 Å². The summed E-state index contributed by atoms with van der Waals surface area (Å²) >= 11 is 6.42. The van der Waals surface area contributed by atoms with Crippen LogP contribution in [-0.2, 0) is 6.42 Å². The highest BCUT2D eigenvalue weighted by Crippen LogP contribution is 2.41. The van der Waals surface area contributed by atoms with Gasteiger partial charge in [0.05, 0.1) is 16.1 Å². The minimum absolute atomic E-state index is 0.631. The maximum atomic E-state index is 6.42. The first-order valence-corrected chi connectivity index (χ1v) is 8.07. The van der Waals surface area contributed by atoms with Gasteiger partial charge in [-0.25, -0.2) is 4.98 Å². The topological polar surface area (TPSA) is 29.9 Å². The smallest absolute Gasteiger partial charge is 0.110 e. The molecule has 2 fully saturated rings. The van der Waals surface area contributed by atoms with E-state index < -0.39 is 0 Å². The third-order valence-corrected chi connectivity index (χ3v) is 4.82. The Bertz CT molecular complexity index is 624.